The van der Waals surface area contributed by atoms with Gasteiger partial charge in [-0.1, -0.05) is 0 Å². The number of nitrogen functional groups attached to an aromatic ring is 1. The number of nitrogens with two attached hydrogens (primary N) is 1. The molecule has 4 nitrogen and oxygen atoms in total. The molecule has 1 aromatic heterocycles. The zero-order valence-corrected chi connectivity index (χ0v) is 12.3. The minimum absolute atomic E-state index is 0.0770. The summed E-state index contributed by atoms with van der Waals surface area (Å²) < 4.78 is 18.6. The third-order valence-electron chi connectivity index (χ3n) is 3.02. The fraction of sp³-hybridized carbons (Fsp3) is 0.286. The van der Waals surface area contributed by atoms with Crippen LogP contribution < -0.4 is 5.73 Å². The van der Waals surface area contributed by atoms with Gasteiger partial charge in [0.2, 0.25) is 0 Å². The molecule has 0 fully saturated rings. The number of esters is 1. The Kier molecular flexibility index (Phi) is 4.04. The van der Waals surface area contributed by atoms with Crippen molar-refractivity contribution in [3.05, 3.63) is 44.7 Å². The number of thiazole rings is 1. The van der Waals surface area contributed by atoms with Gasteiger partial charge in [-0.05, 0) is 32.9 Å². The number of hydrogen-bond donors (Lipinski definition) is 1. The Morgan fingerprint density at radius 2 is 2.10 bits per heavy atom. The highest BCUT2D eigenvalue weighted by Gasteiger charge is 2.13. The molecular formula is C14H15FN2O2S. The van der Waals surface area contributed by atoms with Crippen molar-refractivity contribution >= 4 is 23.0 Å². The van der Waals surface area contributed by atoms with E-state index in [1.807, 2.05) is 13.8 Å². The standard InChI is InChI=1S/C14H15FN2O2S/c1-7-11(15)4-10(5-12(7)16)14(18)19-6-13-17-8(2)9(3)20-13/h4-5H,6,16H2,1-3H3. The van der Waals surface area contributed by atoms with E-state index in [1.165, 1.54) is 17.4 Å². The average Bonchev–Trinajstić information content (AvgIpc) is 2.72. The van der Waals surface area contributed by atoms with Gasteiger partial charge in [0.05, 0.1) is 11.3 Å². The second kappa shape index (κ2) is 5.58. The highest BCUT2D eigenvalue weighted by molar-refractivity contribution is 7.11. The van der Waals surface area contributed by atoms with E-state index in [4.69, 9.17) is 10.5 Å². The van der Waals surface area contributed by atoms with E-state index in [1.54, 1.807) is 6.92 Å². The summed E-state index contributed by atoms with van der Waals surface area (Å²) in [6.07, 6.45) is 0. The number of anilines is 1. The van der Waals surface area contributed by atoms with Crippen LogP contribution in [0, 0.1) is 26.6 Å². The molecule has 0 spiro atoms. The summed E-state index contributed by atoms with van der Waals surface area (Å²) in [7, 11) is 0. The predicted octanol–water partition coefficient (Wildman–Crippen LogP) is 3.15. The maximum absolute atomic E-state index is 13.5. The molecule has 2 N–H and O–H groups in total. The molecule has 20 heavy (non-hydrogen) atoms. The number of benzene rings is 1. The van der Waals surface area contributed by atoms with Crippen molar-refractivity contribution < 1.29 is 13.9 Å². The van der Waals surface area contributed by atoms with Crippen LogP contribution in [0.4, 0.5) is 10.1 Å². The summed E-state index contributed by atoms with van der Waals surface area (Å²) in [6.45, 7) is 5.48. The van der Waals surface area contributed by atoms with Crippen molar-refractivity contribution in [1.82, 2.24) is 4.98 Å². The van der Waals surface area contributed by atoms with Crippen molar-refractivity contribution in [2.75, 3.05) is 5.73 Å². The van der Waals surface area contributed by atoms with Gasteiger partial charge in [-0.2, -0.15) is 0 Å². The molecule has 2 rings (SSSR count). The first kappa shape index (κ1) is 14.5. The molecule has 0 radical (unpaired) electrons. The van der Waals surface area contributed by atoms with Gasteiger partial charge in [0.1, 0.15) is 17.4 Å². The van der Waals surface area contributed by atoms with Gasteiger partial charge in [-0.3, -0.25) is 0 Å². The number of carbonyl (C=O) groups excluding carboxylic acids is 1. The average molecular weight is 294 g/mol. The SMILES string of the molecule is Cc1nc(COC(=O)c2cc(N)c(C)c(F)c2)sc1C. The van der Waals surface area contributed by atoms with Crippen LogP contribution in [0.2, 0.25) is 0 Å². The van der Waals surface area contributed by atoms with Crippen LogP contribution in [0.1, 0.15) is 31.5 Å². The Morgan fingerprint density at radius 3 is 2.65 bits per heavy atom. The maximum Gasteiger partial charge on any atom is 0.338 e. The first-order valence-corrected chi connectivity index (χ1v) is 6.85. The maximum atomic E-state index is 13.5. The van der Waals surface area contributed by atoms with Gasteiger partial charge in [-0.25, -0.2) is 14.2 Å². The minimum Gasteiger partial charge on any atom is -0.455 e. The quantitative estimate of drug-likeness (QED) is 0.697. The van der Waals surface area contributed by atoms with Gasteiger partial charge < -0.3 is 10.5 Å². The van der Waals surface area contributed by atoms with Crippen molar-refractivity contribution in [2.24, 2.45) is 0 Å². The number of rotatable bonds is 3. The molecule has 0 saturated heterocycles. The number of ether oxygens (including phenoxy) is 1. The highest BCUT2D eigenvalue weighted by Crippen LogP contribution is 2.20. The summed E-state index contributed by atoms with van der Waals surface area (Å²) in [4.78, 5) is 17.2. The van der Waals surface area contributed by atoms with Crippen LogP contribution in [-0.4, -0.2) is 11.0 Å². The van der Waals surface area contributed by atoms with Crippen molar-refractivity contribution in [1.29, 1.82) is 0 Å². The molecule has 0 aliphatic carbocycles. The van der Waals surface area contributed by atoms with Gasteiger partial charge in [0.25, 0.3) is 0 Å². The molecule has 0 aliphatic heterocycles. The monoisotopic (exact) mass is 294 g/mol. The largest absolute Gasteiger partial charge is 0.455 e. The number of aryl methyl sites for hydroxylation is 2. The summed E-state index contributed by atoms with van der Waals surface area (Å²) in [5, 5.41) is 0.717. The van der Waals surface area contributed by atoms with Crippen LogP contribution in [0.5, 0.6) is 0 Å². The Hall–Kier alpha value is -1.95. The molecule has 1 heterocycles. The molecule has 0 saturated carbocycles. The summed E-state index contributed by atoms with van der Waals surface area (Å²) in [6, 6.07) is 2.55. The molecule has 2 aromatic rings. The Morgan fingerprint density at radius 1 is 1.40 bits per heavy atom. The van der Waals surface area contributed by atoms with Crippen LogP contribution in [0.3, 0.4) is 0 Å². The predicted molar refractivity (Wildman–Crippen MR) is 76.3 cm³/mol. The lowest BCUT2D eigenvalue weighted by atomic mass is 10.1. The van der Waals surface area contributed by atoms with Crippen molar-refractivity contribution in [3.63, 3.8) is 0 Å². The zero-order valence-electron chi connectivity index (χ0n) is 11.5. The number of halogens is 1. The molecular weight excluding hydrogens is 279 g/mol. The van der Waals surface area contributed by atoms with Gasteiger partial charge >= 0.3 is 5.97 Å². The van der Waals surface area contributed by atoms with E-state index in [0.29, 0.717) is 10.6 Å². The fourth-order valence-corrected chi connectivity index (χ4v) is 2.48. The fourth-order valence-electron chi connectivity index (χ4n) is 1.63. The van der Waals surface area contributed by atoms with Crippen LogP contribution >= 0.6 is 11.3 Å². The lowest BCUT2D eigenvalue weighted by Crippen LogP contribution is -2.07. The zero-order chi connectivity index (χ0) is 14.9. The molecule has 1 aromatic carbocycles. The van der Waals surface area contributed by atoms with E-state index < -0.39 is 11.8 Å². The first-order valence-electron chi connectivity index (χ1n) is 6.04. The Labute approximate surface area is 120 Å². The smallest absolute Gasteiger partial charge is 0.338 e. The van der Waals surface area contributed by atoms with E-state index in [2.05, 4.69) is 4.98 Å². The van der Waals surface area contributed by atoms with E-state index in [9.17, 15) is 9.18 Å². The van der Waals surface area contributed by atoms with Crippen LogP contribution in [-0.2, 0) is 11.3 Å². The lowest BCUT2D eigenvalue weighted by molar-refractivity contribution is 0.0472. The van der Waals surface area contributed by atoms with Crippen molar-refractivity contribution in [2.45, 2.75) is 27.4 Å². The summed E-state index contributed by atoms with van der Waals surface area (Å²) >= 11 is 1.47. The van der Waals surface area contributed by atoms with E-state index >= 15 is 0 Å². The number of aromatic nitrogens is 1. The number of hydrogen-bond acceptors (Lipinski definition) is 5. The molecule has 106 valence electrons. The van der Waals surface area contributed by atoms with Gasteiger partial charge in [-0.15, -0.1) is 11.3 Å². The molecule has 0 aliphatic rings. The number of carbonyl (C=O) groups is 1. The summed E-state index contributed by atoms with van der Waals surface area (Å²) in [5.74, 6) is -1.13. The molecule has 0 unspecified atom stereocenters. The second-order valence-electron chi connectivity index (χ2n) is 4.50. The number of nitrogens with zero attached hydrogens (tertiary/aromatic N) is 1. The molecule has 6 heteroatoms. The van der Waals surface area contributed by atoms with Crippen LogP contribution in [0.15, 0.2) is 12.1 Å². The van der Waals surface area contributed by atoms with Crippen molar-refractivity contribution in [3.8, 4) is 0 Å². The minimum atomic E-state index is -0.610. The lowest BCUT2D eigenvalue weighted by Gasteiger charge is -2.06. The second-order valence-corrected chi connectivity index (χ2v) is 5.79. The normalized spacial score (nSPS) is 10.6. The summed E-state index contributed by atoms with van der Waals surface area (Å²) in [5.41, 5.74) is 7.22. The van der Waals surface area contributed by atoms with Gasteiger partial charge in [0, 0.05) is 16.1 Å². The molecule has 0 atom stereocenters. The topological polar surface area (TPSA) is 65.2 Å². The third-order valence-corrected chi connectivity index (χ3v) is 4.07. The molecule has 0 amide bonds. The van der Waals surface area contributed by atoms with Crippen LogP contribution in [0.25, 0.3) is 0 Å². The Balaban J connectivity index is 2.09. The van der Waals surface area contributed by atoms with Gasteiger partial charge in [0.15, 0.2) is 0 Å². The Bertz CT molecular complexity index is 625. The third kappa shape index (κ3) is 2.96. The highest BCUT2D eigenvalue weighted by atomic mass is 32.1. The van der Waals surface area contributed by atoms with E-state index in [0.717, 1.165) is 16.6 Å². The first-order chi connectivity index (χ1) is 9.38. The van der Waals surface area contributed by atoms with E-state index in [-0.39, 0.29) is 17.9 Å². The molecule has 0 bridgehead atoms.